The molecule has 0 aliphatic rings. The molecule has 0 atom stereocenters. The van der Waals surface area contributed by atoms with Crippen LogP contribution in [0, 0.1) is 5.92 Å². The lowest BCUT2D eigenvalue weighted by Gasteiger charge is -2.07. The first kappa shape index (κ1) is 14.4. The summed E-state index contributed by atoms with van der Waals surface area (Å²) in [4.78, 5) is 32.3. The summed E-state index contributed by atoms with van der Waals surface area (Å²) in [6, 6.07) is 0. The van der Waals surface area contributed by atoms with Gasteiger partial charge >= 0.3 is 5.97 Å². The van der Waals surface area contributed by atoms with E-state index in [-0.39, 0.29) is 18.7 Å². The number of carboxylic acid groups (broad SMARTS) is 1. The number of nitrogens with one attached hydrogen (secondary N) is 2. The highest BCUT2D eigenvalue weighted by atomic mass is 16.4. The Hall–Kier alpha value is -1.59. The molecule has 0 saturated heterocycles. The van der Waals surface area contributed by atoms with Crippen LogP contribution in [0.25, 0.3) is 0 Å². The Kier molecular flexibility index (Phi) is 6.91. The molecule has 6 heteroatoms. The smallest absolute Gasteiger partial charge is 0.322 e. The van der Waals surface area contributed by atoms with Crippen LogP contribution in [0.15, 0.2) is 0 Å². The Labute approximate surface area is 94.4 Å². The summed E-state index contributed by atoms with van der Waals surface area (Å²) in [5.74, 6) is -1.36. The summed E-state index contributed by atoms with van der Waals surface area (Å²) < 4.78 is 0. The highest BCUT2D eigenvalue weighted by Crippen LogP contribution is 1.92. The van der Waals surface area contributed by atoms with Crippen LogP contribution in [0.3, 0.4) is 0 Å². The van der Waals surface area contributed by atoms with E-state index in [0.717, 1.165) is 0 Å². The van der Waals surface area contributed by atoms with Crippen LogP contribution in [0.5, 0.6) is 0 Å². The van der Waals surface area contributed by atoms with Gasteiger partial charge in [0.2, 0.25) is 11.8 Å². The molecule has 0 aromatic heterocycles. The number of hydrogen-bond donors (Lipinski definition) is 3. The monoisotopic (exact) mass is 230 g/mol. The largest absolute Gasteiger partial charge is 0.480 e. The van der Waals surface area contributed by atoms with Crippen molar-refractivity contribution < 1.29 is 19.5 Å². The molecule has 16 heavy (non-hydrogen) atoms. The Morgan fingerprint density at radius 2 is 1.56 bits per heavy atom. The predicted octanol–water partition coefficient (Wildman–Crippen LogP) is -0.260. The van der Waals surface area contributed by atoms with Gasteiger partial charge < -0.3 is 15.7 Å². The van der Waals surface area contributed by atoms with Crippen molar-refractivity contribution in [2.75, 3.05) is 13.1 Å². The molecule has 0 aliphatic carbocycles. The Morgan fingerprint density at radius 1 is 1.06 bits per heavy atom. The second-order valence-corrected chi connectivity index (χ2v) is 3.87. The molecule has 0 spiro atoms. The van der Waals surface area contributed by atoms with Crippen molar-refractivity contribution in [3.63, 3.8) is 0 Å². The van der Waals surface area contributed by atoms with Gasteiger partial charge in [-0.3, -0.25) is 14.4 Å². The molecule has 0 radical (unpaired) electrons. The fourth-order valence-corrected chi connectivity index (χ4v) is 0.896. The molecule has 6 nitrogen and oxygen atoms in total. The van der Waals surface area contributed by atoms with E-state index in [9.17, 15) is 14.4 Å². The molecule has 0 rings (SSSR count). The molecule has 0 aromatic rings. The normalized spacial score (nSPS) is 9.94. The number of hydrogen-bond acceptors (Lipinski definition) is 3. The molecule has 2 amide bonds. The summed E-state index contributed by atoms with van der Waals surface area (Å²) in [5, 5.41) is 13.1. The zero-order chi connectivity index (χ0) is 12.6. The Bertz CT molecular complexity index is 264. The van der Waals surface area contributed by atoms with Crippen LogP contribution in [0.2, 0.25) is 0 Å². The zero-order valence-corrected chi connectivity index (χ0v) is 9.58. The van der Waals surface area contributed by atoms with Crippen LogP contribution >= 0.6 is 0 Å². The molecule has 92 valence electrons. The SMILES string of the molecule is CC(C)CNC(=O)CCC(=O)NCC(=O)O. The zero-order valence-electron chi connectivity index (χ0n) is 9.58. The van der Waals surface area contributed by atoms with E-state index in [1.54, 1.807) is 0 Å². The van der Waals surface area contributed by atoms with E-state index in [0.29, 0.717) is 12.5 Å². The van der Waals surface area contributed by atoms with Gasteiger partial charge in [0.15, 0.2) is 0 Å². The number of amides is 2. The van der Waals surface area contributed by atoms with Gasteiger partial charge in [0.1, 0.15) is 6.54 Å². The van der Waals surface area contributed by atoms with Crippen molar-refractivity contribution in [2.45, 2.75) is 26.7 Å². The molecular formula is C10H18N2O4. The van der Waals surface area contributed by atoms with Crippen LogP contribution in [0.1, 0.15) is 26.7 Å². The first-order chi connectivity index (χ1) is 7.41. The molecule has 0 heterocycles. The molecule has 0 aromatic carbocycles. The maximum atomic E-state index is 11.2. The van der Waals surface area contributed by atoms with Crippen LogP contribution in [-0.4, -0.2) is 36.0 Å². The highest BCUT2D eigenvalue weighted by molar-refractivity contribution is 5.85. The van der Waals surface area contributed by atoms with Crippen molar-refractivity contribution in [2.24, 2.45) is 5.92 Å². The topological polar surface area (TPSA) is 95.5 Å². The third-order valence-corrected chi connectivity index (χ3v) is 1.72. The minimum atomic E-state index is -1.10. The van der Waals surface area contributed by atoms with E-state index >= 15 is 0 Å². The number of rotatable bonds is 7. The van der Waals surface area contributed by atoms with Crippen LogP contribution in [0.4, 0.5) is 0 Å². The second kappa shape index (κ2) is 7.67. The number of carbonyl (C=O) groups excluding carboxylic acids is 2. The van der Waals surface area contributed by atoms with Crippen molar-refractivity contribution in [3.8, 4) is 0 Å². The van der Waals surface area contributed by atoms with Crippen molar-refractivity contribution in [1.29, 1.82) is 0 Å². The lowest BCUT2D eigenvalue weighted by Crippen LogP contribution is -2.32. The second-order valence-electron chi connectivity index (χ2n) is 3.87. The quantitative estimate of drug-likeness (QED) is 0.561. The van der Waals surface area contributed by atoms with Crippen LogP contribution < -0.4 is 10.6 Å². The van der Waals surface area contributed by atoms with E-state index in [4.69, 9.17) is 5.11 Å². The molecule has 0 aliphatic heterocycles. The third-order valence-electron chi connectivity index (χ3n) is 1.72. The standard InChI is InChI=1S/C10H18N2O4/c1-7(2)5-11-8(13)3-4-9(14)12-6-10(15)16/h7H,3-6H2,1-2H3,(H,11,13)(H,12,14)(H,15,16). The Balaban J connectivity index is 3.59. The summed E-state index contributed by atoms with van der Waals surface area (Å²) in [5.41, 5.74) is 0. The van der Waals surface area contributed by atoms with Gasteiger partial charge in [0.05, 0.1) is 0 Å². The van der Waals surface area contributed by atoms with Gasteiger partial charge in [-0.1, -0.05) is 13.8 Å². The number of carboxylic acids is 1. The molecule has 3 N–H and O–H groups in total. The van der Waals surface area contributed by atoms with Gasteiger partial charge in [-0.15, -0.1) is 0 Å². The third kappa shape index (κ3) is 8.98. The maximum Gasteiger partial charge on any atom is 0.322 e. The summed E-state index contributed by atoms with van der Waals surface area (Å²) in [6.45, 7) is 4.11. The Morgan fingerprint density at radius 3 is 2.00 bits per heavy atom. The van der Waals surface area contributed by atoms with E-state index in [1.807, 2.05) is 13.8 Å². The van der Waals surface area contributed by atoms with Gasteiger partial charge in [-0.25, -0.2) is 0 Å². The molecule has 0 fully saturated rings. The van der Waals surface area contributed by atoms with Crippen molar-refractivity contribution >= 4 is 17.8 Å². The van der Waals surface area contributed by atoms with E-state index in [1.165, 1.54) is 0 Å². The minimum Gasteiger partial charge on any atom is -0.480 e. The van der Waals surface area contributed by atoms with Crippen molar-refractivity contribution in [3.05, 3.63) is 0 Å². The lowest BCUT2D eigenvalue weighted by atomic mass is 10.2. The van der Waals surface area contributed by atoms with Gasteiger partial charge in [-0.2, -0.15) is 0 Å². The number of aliphatic carboxylic acids is 1. The summed E-state index contributed by atoms with van der Waals surface area (Å²) in [6.07, 6.45) is 0.0926. The molecule has 0 unspecified atom stereocenters. The van der Waals surface area contributed by atoms with Crippen LogP contribution in [-0.2, 0) is 14.4 Å². The molecular weight excluding hydrogens is 212 g/mol. The summed E-state index contributed by atoms with van der Waals surface area (Å²) in [7, 11) is 0. The first-order valence-corrected chi connectivity index (χ1v) is 5.17. The molecule has 0 saturated carbocycles. The van der Waals surface area contributed by atoms with Gasteiger partial charge in [-0.05, 0) is 5.92 Å². The van der Waals surface area contributed by atoms with Crippen molar-refractivity contribution in [1.82, 2.24) is 10.6 Å². The van der Waals surface area contributed by atoms with E-state index < -0.39 is 18.4 Å². The highest BCUT2D eigenvalue weighted by Gasteiger charge is 2.07. The first-order valence-electron chi connectivity index (χ1n) is 5.17. The fourth-order valence-electron chi connectivity index (χ4n) is 0.896. The number of carbonyl (C=O) groups is 3. The average molecular weight is 230 g/mol. The minimum absolute atomic E-state index is 0.0111. The maximum absolute atomic E-state index is 11.2. The predicted molar refractivity (Wildman–Crippen MR) is 57.7 cm³/mol. The van der Waals surface area contributed by atoms with Gasteiger partial charge in [0.25, 0.3) is 0 Å². The van der Waals surface area contributed by atoms with E-state index in [2.05, 4.69) is 10.6 Å². The molecule has 0 bridgehead atoms. The van der Waals surface area contributed by atoms with Gasteiger partial charge in [0, 0.05) is 19.4 Å². The summed E-state index contributed by atoms with van der Waals surface area (Å²) >= 11 is 0. The average Bonchev–Trinajstić information content (AvgIpc) is 2.20. The fraction of sp³-hybridized carbons (Fsp3) is 0.700. The lowest BCUT2D eigenvalue weighted by molar-refractivity contribution is -0.138.